The molecule has 7 nitrogen and oxygen atoms in total. The number of hydrogen-bond donors (Lipinski definition) is 0. The number of likely N-dealkylation sites (tertiary alicyclic amines) is 1. The quantitative estimate of drug-likeness (QED) is 0.516. The summed E-state index contributed by atoms with van der Waals surface area (Å²) >= 11 is 0. The van der Waals surface area contributed by atoms with Crippen LogP contribution >= 0.6 is 0 Å². The van der Waals surface area contributed by atoms with Crippen LogP contribution in [0.2, 0.25) is 0 Å². The predicted molar refractivity (Wildman–Crippen MR) is 107 cm³/mol. The fraction of sp³-hybridized carbons (Fsp3) is 0.227. The van der Waals surface area contributed by atoms with E-state index >= 15 is 0 Å². The first-order valence-electron chi connectivity index (χ1n) is 9.70. The van der Waals surface area contributed by atoms with Gasteiger partial charge in [-0.2, -0.15) is 4.98 Å². The van der Waals surface area contributed by atoms with Crippen LogP contribution in [0.3, 0.4) is 0 Å². The fourth-order valence-corrected chi connectivity index (χ4v) is 3.73. The van der Waals surface area contributed by atoms with Crippen molar-refractivity contribution in [2.75, 3.05) is 6.54 Å². The number of nitrogens with zero attached hydrogens (tertiary/aromatic N) is 6. The van der Waals surface area contributed by atoms with Crippen LogP contribution < -0.4 is 0 Å². The zero-order valence-corrected chi connectivity index (χ0v) is 15.8. The predicted octanol–water partition coefficient (Wildman–Crippen LogP) is 3.93. The van der Waals surface area contributed by atoms with Crippen molar-refractivity contribution >= 4 is 0 Å². The Morgan fingerprint density at radius 1 is 0.966 bits per heavy atom. The third-order valence-electron chi connectivity index (χ3n) is 5.20. The Hall–Kier alpha value is -3.45. The number of rotatable bonds is 5. The Kier molecular flexibility index (Phi) is 4.80. The zero-order valence-electron chi connectivity index (χ0n) is 15.8. The van der Waals surface area contributed by atoms with Crippen molar-refractivity contribution in [3.63, 3.8) is 0 Å². The van der Waals surface area contributed by atoms with Gasteiger partial charge in [-0.25, -0.2) is 9.97 Å². The van der Waals surface area contributed by atoms with Crippen LogP contribution in [0.5, 0.6) is 0 Å². The van der Waals surface area contributed by atoms with Crippen molar-refractivity contribution < 1.29 is 4.52 Å². The van der Waals surface area contributed by atoms with Crippen LogP contribution in [0.4, 0.5) is 0 Å². The Morgan fingerprint density at radius 2 is 1.83 bits per heavy atom. The van der Waals surface area contributed by atoms with E-state index in [-0.39, 0.29) is 6.04 Å². The van der Waals surface area contributed by atoms with Crippen molar-refractivity contribution in [3.05, 3.63) is 78.8 Å². The van der Waals surface area contributed by atoms with Crippen LogP contribution in [0.25, 0.3) is 22.6 Å². The molecule has 144 valence electrons. The topological polar surface area (TPSA) is 80.8 Å². The average molecular weight is 384 g/mol. The van der Waals surface area contributed by atoms with Gasteiger partial charge in [0.25, 0.3) is 0 Å². The molecule has 0 amide bonds. The largest absolute Gasteiger partial charge is 0.337 e. The molecule has 29 heavy (non-hydrogen) atoms. The molecule has 1 aliphatic rings. The lowest BCUT2D eigenvalue weighted by Gasteiger charge is -2.21. The highest BCUT2D eigenvalue weighted by Crippen LogP contribution is 2.33. The van der Waals surface area contributed by atoms with Gasteiger partial charge in [-0.05, 0) is 37.1 Å². The van der Waals surface area contributed by atoms with Gasteiger partial charge in [0, 0.05) is 36.3 Å². The smallest absolute Gasteiger partial charge is 0.244 e. The maximum Gasteiger partial charge on any atom is 0.244 e. The zero-order chi connectivity index (χ0) is 19.5. The second-order valence-electron chi connectivity index (χ2n) is 7.13. The monoisotopic (exact) mass is 384 g/mol. The number of benzene rings is 1. The van der Waals surface area contributed by atoms with Gasteiger partial charge in [-0.15, -0.1) is 0 Å². The third-order valence-corrected chi connectivity index (χ3v) is 5.20. The molecule has 1 aliphatic heterocycles. The second-order valence-corrected chi connectivity index (χ2v) is 7.13. The van der Waals surface area contributed by atoms with Gasteiger partial charge < -0.3 is 4.52 Å². The Labute approximate surface area is 168 Å². The van der Waals surface area contributed by atoms with E-state index in [1.54, 1.807) is 18.6 Å². The molecule has 0 radical (unpaired) electrons. The molecule has 0 unspecified atom stereocenters. The minimum atomic E-state index is 0.158. The molecule has 1 saturated heterocycles. The second kappa shape index (κ2) is 7.89. The molecule has 4 aromatic rings. The maximum atomic E-state index is 5.64. The van der Waals surface area contributed by atoms with Gasteiger partial charge >= 0.3 is 0 Å². The van der Waals surface area contributed by atoms with Gasteiger partial charge in [0.05, 0.1) is 11.7 Å². The molecule has 0 saturated carbocycles. The number of hydrogen-bond acceptors (Lipinski definition) is 7. The first-order valence-corrected chi connectivity index (χ1v) is 9.70. The first-order chi connectivity index (χ1) is 14.4. The minimum absolute atomic E-state index is 0.158. The number of pyridine rings is 1. The van der Waals surface area contributed by atoms with E-state index in [0.29, 0.717) is 11.7 Å². The highest BCUT2D eigenvalue weighted by molar-refractivity contribution is 5.61. The Balaban J connectivity index is 1.33. The van der Waals surface area contributed by atoms with E-state index in [0.717, 1.165) is 42.8 Å². The van der Waals surface area contributed by atoms with E-state index < -0.39 is 0 Å². The molecule has 7 heteroatoms. The van der Waals surface area contributed by atoms with Crippen molar-refractivity contribution in [1.29, 1.82) is 0 Å². The normalized spacial score (nSPS) is 16.9. The highest BCUT2D eigenvalue weighted by Gasteiger charge is 2.30. The van der Waals surface area contributed by atoms with Crippen LogP contribution in [-0.2, 0) is 6.54 Å². The van der Waals surface area contributed by atoms with Crippen LogP contribution in [0.15, 0.2) is 71.9 Å². The lowest BCUT2D eigenvalue weighted by Crippen LogP contribution is -2.22. The molecule has 0 bridgehead atoms. The van der Waals surface area contributed by atoms with Crippen molar-refractivity contribution in [2.45, 2.75) is 25.4 Å². The summed E-state index contributed by atoms with van der Waals surface area (Å²) < 4.78 is 5.64. The molecule has 0 spiro atoms. The first kappa shape index (κ1) is 17.6. The van der Waals surface area contributed by atoms with Crippen molar-refractivity contribution in [3.8, 4) is 22.6 Å². The maximum absolute atomic E-state index is 5.64. The molecular weight excluding hydrogens is 364 g/mol. The van der Waals surface area contributed by atoms with Crippen LogP contribution in [0, 0.1) is 0 Å². The third kappa shape index (κ3) is 3.77. The molecule has 3 aromatic heterocycles. The number of aromatic nitrogens is 5. The van der Waals surface area contributed by atoms with E-state index in [4.69, 9.17) is 4.52 Å². The summed E-state index contributed by atoms with van der Waals surface area (Å²) in [6.45, 7) is 1.92. The lowest BCUT2D eigenvalue weighted by atomic mass is 10.1. The molecule has 1 aromatic carbocycles. The van der Waals surface area contributed by atoms with E-state index in [1.165, 1.54) is 11.9 Å². The highest BCUT2D eigenvalue weighted by atomic mass is 16.5. The van der Waals surface area contributed by atoms with Crippen molar-refractivity contribution in [2.24, 2.45) is 0 Å². The molecule has 5 rings (SSSR count). The molecule has 1 fully saturated rings. The van der Waals surface area contributed by atoms with Gasteiger partial charge in [-0.1, -0.05) is 35.5 Å². The summed E-state index contributed by atoms with van der Waals surface area (Å²) in [4.78, 5) is 19.6. The van der Waals surface area contributed by atoms with E-state index in [2.05, 4.69) is 54.3 Å². The lowest BCUT2D eigenvalue weighted by molar-refractivity contribution is 0.201. The fourth-order valence-electron chi connectivity index (χ4n) is 3.73. The summed E-state index contributed by atoms with van der Waals surface area (Å²) in [7, 11) is 0. The SMILES string of the molecule is c1ccc(CN2CCC[C@H]2c2nc(-c3ccc(-c4cncnc4)nc3)no2)cc1. The van der Waals surface area contributed by atoms with Gasteiger partial charge in [0.1, 0.15) is 6.33 Å². The molecule has 1 atom stereocenters. The van der Waals surface area contributed by atoms with Crippen LogP contribution in [0.1, 0.15) is 30.3 Å². The average Bonchev–Trinajstić information content (AvgIpc) is 3.45. The summed E-state index contributed by atoms with van der Waals surface area (Å²) in [6.07, 6.45) is 8.90. The minimum Gasteiger partial charge on any atom is -0.337 e. The molecular formula is C22H20N6O. The molecule has 0 aliphatic carbocycles. The Morgan fingerprint density at radius 3 is 2.62 bits per heavy atom. The standard InChI is InChI=1S/C22H20N6O/c1-2-5-16(6-3-1)14-28-10-4-7-20(28)22-26-21(27-29-22)17-8-9-19(25-13-17)18-11-23-15-24-12-18/h1-3,5-6,8-9,11-13,15,20H,4,7,10,14H2/t20-/m0/s1. The van der Waals surface area contributed by atoms with Gasteiger partial charge in [-0.3, -0.25) is 9.88 Å². The van der Waals surface area contributed by atoms with E-state index in [1.807, 2.05) is 18.2 Å². The molecule has 4 heterocycles. The Bertz CT molecular complexity index is 1070. The van der Waals surface area contributed by atoms with Crippen molar-refractivity contribution in [1.82, 2.24) is 30.0 Å². The van der Waals surface area contributed by atoms with Gasteiger partial charge in [0.2, 0.25) is 11.7 Å². The van der Waals surface area contributed by atoms with Gasteiger partial charge in [0.15, 0.2) is 0 Å². The summed E-state index contributed by atoms with van der Waals surface area (Å²) in [5.74, 6) is 1.24. The summed E-state index contributed by atoms with van der Waals surface area (Å²) in [6, 6.07) is 14.5. The molecule has 0 N–H and O–H groups in total. The van der Waals surface area contributed by atoms with Crippen LogP contribution in [-0.4, -0.2) is 36.5 Å². The van der Waals surface area contributed by atoms with E-state index in [9.17, 15) is 0 Å². The summed E-state index contributed by atoms with van der Waals surface area (Å²) in [5, 5.41) is 4.20. The summed E-state index contributed by atoms with van der Waals surface area (Å²) in [5.41, 5.74) is 3.80.